The molecule has 2 heterocycles. The maximum atomic E-state index is 12.5. The van der Waals surface area contributed by atoms with Gasteiger partial charge in [-0.2, -0.15) is 0 Å². The van der Waals surface area contributed by atoms with Gasteiger partial charge < -0.3 is 15.0 Å². The zero-order valence-corrected chi connectivity index (χ0v) is 15.1. The summed E-state index contributed by atoms with van der Waals surface area (Å²) in [5.41, 5.74) is 3.64. The summed E-state index contributed by atoms with van der Waals surface area (Å²) >= 11 is 0. The third-order valence-electron chi connectivity index (χ3n) is 4.37. The maximum absolute atomic E-state index is 12.5. The van der Waals surface area contributed by atoms with E-state index in [0.717, 1.165) is 24.5 Å². The second kappa shape index (κ2) is 7.23. The Kier molecular flexibility index (Phi) is 5.04. The second-order valence-corrected chi connectivity index (χ2v) is 7.31. The molecule has 1 aromatic carbocycles. The van der Waals surface area contributed by atoms with E-state index in [1.165, 1.54) is 5.56 Å². The molecule has 5 heteroatoms. The number of carbonyl (C=O) groups excluding carboxylic acids is 1. The minimum absolute atomic E-state index is 0.0962. The summed E-state index contributed by atoms with van der Waals surface area (Å²) in [7, 11) is 0. The van der Waals surface area contributed by atoms with Crippen molar-refractivity contribution in [1.82, 2.24) is 4.98 Å². The monoisotopic (exact) mass is 339 g/mol. The van der Waals surface area contributed by atoms with Gasteiger partial charge in [-0.05, 0) is 29.2 Å². The highest BCUT2D eigenvalue weighted by atomic mass is 16.5. The van der Waals surface area contributed by atoms with E-state index < -0.39 is 0 Å². The molecule has 0 spiro atoms. The first-order valence-corrected chi connectivity index (χ1v) is 8.63. The molecule has 1 amide bonds. The largest absolute Gasteiger partial charge is 0.378 e. The van der Waals surface area contributed by atoms with Gasteiger partial charge in [0.05, 0.1) is 30.7 Å². The van der Waals surface area contributed by atoms with Crippen LogP contribution in [0.15, 0.2) is 42.7 Å². The number of nitrogens with one attached hydrogen (secondary N) is 1. The van der Waals surface area contributed by atoms with Gasteiger partial charge >= 0.3 is 0 Å². The number of carbonyl (C=O) groups is 1. The molecule has 1 aliphatic rings. The quantitative estimate of drug-likeness (QED) is 0.930. The Hall–Kier alpha value is -2.40. The summed E-state index contributed by atoms with van der Waals surface area (Å²) in [5, 5.41) is 2.94. The van der Waals surface area contributed by atoms with Crippen molar-refractivity contribution in [1.29, 1.82) is 0 Å². The molecule has 0 aliphatic carbocycles. The van der Waals surface area contributed by atoms with Crippen LogP contribution in [0.4, 0.5) is 11.4 Å². The Morgan fingerprint density at radius 3 is 2.44 bits per heavy atom. The molecule has 1 aromatic heterocycles. The van der Waals surface area contributed by atoms with E-state index in [2.05, 4.69) is 48.1 Å². The molecule has 1 N–H and O–H groups in total. The Morgan fingerprint density at radius 1 is 1.12 bits per heavy atom. The molecule has 132 valence electrons. The fourth-order valence-corrected chi connectivity index (χ4v) is 2.80. The predicted octanol–water partition coefficient (Wildman–Crippen LogP) is 3.47. The summed E-state index contributed by atoms with van der Waals surface area (Å²) in [6.07, 6.45) is 3.39. The normalized spacial score (nSPS) is 15.1. The number of benzene rings is 1. The lowest BCUT2D eigenvalue weighted by Gasteiger charge is -2.28. The topological polar surface area (TPSA) is 54.5 Å². The van der Waals surface area contributed by atoms with Gasteiger partial charge in [0.2, 0.25) is 0 Å². The van der Waals surface area contributed by atoms with Crippen LogP contribution in [0.2, 0.25) is 0 Å². The van der Waals surface area contributed by atoms with E-state index in [4.69, 9.17) is 4.74 Å². The first kappa shape index (κ1) is 17.4. The van der Waals surface area contributed by atoms with E-state index in [1.54, 1.807) is 12.4 Å². The average molecular weight is 339 g/mol. The molecule has 1 fully saturated rings. The Morgan fingerprint density at radius 2 is 1.80 bits per heavy atom. The Balaban J connectivity index is 1.70. The Bertz CT molecular complexity index is 729. The minimum Gasteiger partial charge on any atom is -0.378 e. The van der Waals surface area contributed by atoms with Crippen molar-refractivity contribution in [2.75, 3.05) is 36.5 Å². The summed E-state index contributed by atoms with van der Waals surface area (Å²) in [5.74, 6) is -0.147. The van der Waals surface area contributed by atoms with Gasteiger partial charge in [0.1, 0.15) is 0 Å². The van der Waals surface area contributed by atoms with Crippen molar-refractivity contribution in [3.05, 3.63) is 53.9 Å². The van der Waals surface area contributed by atoms with Crippen LogP contribution >= 0.6 is 0 Å². The van der Waals surface area contributed by atoms with Crippen molar-refractivity contribution < 1.29 is 9.53 Å². The first-order chi connectivity index (χ1) is 11.9. The zero-order valence-electron chi connectivity index (χ0n) is 15.1. The van der Waals surface area contributed by atoms with Gasteiger partial charge in [-0.25, -0.2) is 0 Å². The number of ether oxygens (including phenoxy) is 1. The van der Waals surface area contributed by atoms with Crippen LogP contribution in [0.25, 0.3) is 0 Å². The second-order valence-electron chi connectivity index (χ2n) is 7.31. The fourth-order valence-electron chi connectivity index (χ4n) is 2.80. The molecule has 0 saturated carbocycles. The number of morpholine rings is 1. The molecule has 3 rings (SSSR count). The summed E-state index contributed by atoms with van der Waals surface area (Å²) < 4.78 is 5.37. The number of amides is 1. The molecule has 0 unspecified atom stereocenters. The van der Waals surface area contributed by atoms with Crippen LogP contribution in [0.5, 0.6) is 0 Å². The summed E-state index contributed by atoms with van der Waals surface area (Å²) in [6, 6.07) is 9.88. The number of nitrogens with zero attached hydrogens (tertiary/aromatic N) is 2. The molecule has 1 aliphatic heterocycles. The van der Waals surface area contributed by atoms with E-state index in [-0.39, 0.29) is 11.3 Å². The molecule has 5 nitrogen and oxygen atoms in total. The number of hydrogen-bond donors (Lipinski definition) is 1. The molecular weight excluding hydrogens is 314 g/mol. The summed E-state index contributed by atoms with van der Waals surface area (Å²) in [4.78, 5) is 18.9. The van der Waals surface area contributed by atoms with Gasteiger partial charge in [-0.3, -0.25) is 9.78 Å². The smallest absolute Gasteiger partial charge is 0.257 e. The lowest BCUT2D eigenvalue weighted by molar-refractivity contribution is 0.102. The molecule has 0 radical (unpaired) electrons. The van der Waals surface area contributed by atoms with Crippen LogP contribution in [-0.2, 0) is 10.2 Å². The van der Waals surface area contributed by atoms with E-state index >= 15 is 0 Å². The highest BCUT2D eigenvalue weighted by molar-refractivity contribution is 6.04. The first-order valence-electron chi connectivity index (χ1n) is 8.63. The van der Waals surface area contributed by atoms with E-state index in [9.17, 15) is 4.79 Å². The van der Waals surface area contributed by atoms with Crippen molar-refractivity contribution in [3.8, 4) is 0 Å². The van der Waals surface area contributed by atoms with Gasteiger partial charge in [0.25, 0.3) is 5.91 Å². The van der Waals surface area contributed by atoms with Crippen LogP contribution < -0.4 is 10.2 Å². The van der Waals surface area contributed by atoms with Gasteiger partial charge in [-0.15, -0.1) is 0 Å². The minimum atomic E-state index is -0.147. The summed E-state index contributed by atoms with van der Waals surface area (Å²) in [6.45, 7) is 9.56. The van der Waals surface area contributed by atoms with Gasteiger partial charge in [-0.1, -0.05) is 32.9 Å². The third kappa shape index (κ3) is 4.37. The molecular formula is C20H25N3O2. The van der Waals surface area contributed by atoms with Crippen LogP contribution in [0.3, 0.4) is 0 Å². The third-order valence-corrected chi connectivity index (χ3v) is 4.37. The zero-order chi connectivity index (χ0) is 17.9. The number of pyridine rings is 1. The molecule has 2 aromatic rings. The van der Waals surface area contributed by atoms with Crippen LogP contribution in [0, 0.1) is 0 Å². The van der Waals surface area contributed by atoms with Crippen molar-refractivity contribution in [2.45, 2.75) is 26.2 Å². The number of hydrogen-bond acceptors (Lipinski definition) is 4. The maximum Gasteiger partial charge on any atom is 0.257 e. The van der Waals surface area contributed by atoms with Crippen molar-refractivity contribution in [3.63, 3.8) is 0 Å². The lowest BCUT2D eigenvalue weighted by atomic mass is 9.87. The highest BCUT2D eigenvalue weighted by Crippen LogP contribution is 2.24. The van der Waals surface area contributed by atoms with E-state index in [0.29, 0.717) is 18.8 Å². The van der Waals surface area contributed by atoms with Crippen molar-refractivity contribution >= 4 is 17.3 Å². The van der Waals surface area contributed by atoms with Crippen molar-refractivity contribution in [2.24, 2.45) is 0 Å². The van der Waals surface area contributed by atoms with Crippen LogP contribution in [-0.4, -0.2) is 37.2 Å². The Labute approximate surface area is 149 Å². The lowest BCUT2D eigenvalue weighted by Crippen LogP contribution is -2.36. The number of anilines is 2. The molecule has 1 saturated heterocycles. The standard InChI is InChI=1S/C20H25N3O2/c1-20(2,3)16-4-6-17(7-5-16)22-19(24)15-12-18(14-21-13-15)23-8-10-25-11-9-23/h4-7,12-14H,8-11H2,1-3H3,(H,22,24). The van der Waals surface area contributed by atoms with E-state index in [1.807, 2.05) is 18.2 Å². The molecule has 0 bridgehead atoms. The number of aromatic nitrogens is 1. The average Bonchev–Trinajstić information content (AvgIpc) is 2.62. The van der Waals surface area contributed by atoms with Crippen LogP contribution in [0.1, 0.15) is 36.7 Å². The fraction of sp³-hybridized carbons (Fsp3) is 0.400. The van der Waals surface area contributed by atoms with Gasteiger partial charge in [0, 0.05) is 25.0 Å². The number of rotatable bonds is 3. The van der Waals surface area contributed by atoms with Gasteiger partial charge in [0.15, 0.2) is 0 Å². The molecule has 25 heavy (non-hydrogen) atoms. The predicted molar refractivity (Wildman–Crippen MR) is 100 cm³/mol. The highest BCUT2D eigenvalue weighted by Gasteiger charge is 2.15. The SMILES string of the molecule is CC(C)(C)c1ccc(NC(=O)c2cncc(N3CCOCC3)c2)cc1. The molecule has 0 atom stereocenters.